The predicted molar refractivity (Wildman–Crippen MR) is 34.2 cm³/mol. The summed E-state index contributed by atoms with van der Waals surface area (Å²) >= 11 is 4.12. The van der Waals surface area contributed by atoms with Crippen molar-refractivity contribution in [2.45, 2.75) is 13.8 Å². The van der Waals surface area contributed by atoms with E-state index in [1.807, 2.05) is 13.8 Å². The van der Waals surface area contributed by atoms with Gasteiger partial charge in [0.2, 0.25) is 0 Å². The van der Waals surface area contributed by atoms with Crippen LogP contribution in [0.4, 0.5) is 0 Å². The van der Waals surface area contributed by atoms with Crippen LogP contribution in [0, 0.1) is 0 Å². The van der Waals surface area contributed by atoms with E-state index in [1.165, 1.54) is 6.08 Å². The number of hydrogen-bond donors (Lipinski definition) is 0. The Hall–Kier alpha value is -0.570. The second-order valence-electron chi connectivity index (χ2n) is 1.65. The minimum Gasteiger partial charge on any atom is -0.266 e. The normalized spacial score (nSPS) is 7.75. The maximum absolute atomic E-state index is 10.3. The van der Waals surface area contributed by atoms with Gasteiger partial charge < -0.3 is 0 Å². The van der Waals surface area contributed by atoms with E-state index in [0.717, 1.165) is 5.57 Å². The molecular formula is C5H7NOS. The second-order valence-corrected chi connectivity index (χ2v) is 1.83. The van der Waals surface area contributed by atoms with Crippen molar-refractivity contribution < 1.29 is 4.79 Å². The molecule has 0 radical (unpaired) electrons. The van der Waals surface area contributed by atoms with Gasteiger partial charge in [-0.2, -0.15) is 0 Å². The van der Waals surface area contributed by atoms with E-state index in [4.69, 9.17) is 0 Å². The summed E-state index contributed by atoms with van der Waals surface area (Å²) < 4.78 is 3.00. The Bertz CT molecular complexity index is 135. The molecule has 0 aromatic carbocycles. The highest BCUT2D eigenvalue weighted by molar-refractivity contribution is 7.47. The highest BCUT2D eigenvalue weighted by Crippen LogP contribution is 1.88. The van der Waals surface area contributed by atoms with E-state index in [0.29, 0.717) is 0 Å². The third-order valence-electron chi connectivity index (χ3n) is 0.502. The van der Waals surface area contributed by atoms with Gasteiger partial charge in [-0.25, -0.2) is 0 Å². The number of carbonyl (C=O) groups excluding carboxylic acids is 1. The molecule has 0 aliphatic rings. The zero-order valence-electron chi connectivity index (χ0n) is 4.84. The minimum absolute atomic E-state index is 0.347. The monoisotopic (exact) mass is 129 g/mol. The van der Waals surface area contributed by atoms with Crippen LogP contribution < -0.4 is 0 Å². The fourth-order valence-electron chi connectivity index (χ4n) is 0.273. The average molecular weight is 129 g/mol. The van der Waals surface area contributed by atoms with Crippen LogP contribution in [0.5, 0.6) is 0 Å². The molecule has 0 saturated carbocycles. The molecule has 44 valence electrons. The van der Waals surface area contributed by atoms with E-state index in [1.54, 1.807) is 0 Å². The largest absolute Gasteiger partial charge is 0.280 e. The Kier molecular flexibility index (Phi) is 3.19. The molecule has 0 heterocycles. The zero-order chi connectivity index (χ0) is 6.57. The maximum Gasteiger partial charge on any atom is 0.280 e. The van der Waals surface area contributed by atoms with Crippen molar-refractivity contribution in [1.82, 2.24) is 0 Å². The molecule has 0 atom stereocenters. The van der Waals surface area contributed by atoms with Crippen molar-refractivity contribution in [3.8, 4) is 0 Å². The number of nitrogens with zero attached hydrogens (tertiary/aromatic N) is 1. The van der Waals surface area contributed by atoms with Gasteiger partial charge >= 0.3 is 0 Å². The van der Waals surface area contributed by atoms with Crippen LogP contribution in [0.1, 0.15) is 13.8 Å². The van der Waals surface area contributed by atoms with E-state index in [9.17, 15) is 4.79 Å². The molecule has 0 aromatic rings. The summed E-state index contributed by atoms with van der Waals surface area (Å²) in [6, 6.07) is 0. The highest BCUT2D eigenvalue weighted by Gasteiger charge is 1.87. The molecule has 0 N–H and O–H groups in total. The molecule has 0 saturated heterocycles. The quantitative estimate of drug-likeness (QED) is 0.498. The standard InChI is InChI=1S/C5H7NOS/c1-4(2)3-5(7)6-8/h3H,1-2H3. The molecule has 2 nitrogen and oxygen atoms in total. The van der Waals surface area contributed by atoms with Crippen LogP contribution in [0.3, 0.4) is 0 Å². The maximum atomic E-state index is 10.3. The first-order valence-electron chi connectivity index (χ1n) is 2.19. The van der Waals surface area contributed by atoms with Gasteiger partial charge in [0.1, 0.15) is 0 Å². The fraction of sp³-hybridized carbons (Fsp3) is 0.400. The average Bonchev–Trinajstić information content (AvgIpc) is 1.65. The Morgan fingerprint density at radius 3 is 2.25 bits per heavy atom. The lowest BCUT2D eigenvalue weighted by Crippen LogP contribution is -1.83. The van der Waals surface area contributed by atoms with Crippen molar-refractivity contribution in [1.29, 1.82) is 0 Å². The SMILES string of the molecule is CC(C)=CC(=O)N=S. The van der Waals surface area contributed by atoms with Gasteiger partial charge in [0.15, 0.2) is 0 Å². The Morgan fingerprint density at radius 1 is 1.62 bits per heavy atom. The smallest absolute Gasteiger partial charge is 0.266 e. The van der Waals surface area contributed by atoms with Crippen molar-refractivity contribution in [3.05, 3.63) is 11.6 Å². The summed E-state index contributed by atoms with van der Waals surface area (Å²) in [7, 11) is 0. The summed E-state index contributed by atoms with van der Waals surface area (Å²) in [5.41, 5.74) is 0.920. The summed E-state index contributed by atoms with van der Waals surface area (Å²) in [4.78, 5) is 10.3. The van der Waals surface area contributed by atoms with E-state index in [-0.39, 0.29) is 5.91 Å². The molecule has 3 heteroatoms. The predicted octanol–water partition coefficient (Wildman–Crippen LogP) is 1.21. The number of allylic oxidation sites excluding steroid dienone is 1. The first-order valence-corrected chi connectivity index (χ1v) is 2.55. The minimum atomic E-state index is -0.347. The number of hydrogen-bond acceptors (Lipinski definition) is 2. The summed E-state index contributed by atoms with van der Waals surface area (Å²) in [5.74, 6) is -0.347. The number of rotatable bonds is 1. The van der Waals surface area contributed by atoms with Crippen LogP contribution in [0.25, 0.3) is 0 Å². The van der Waals surface area contributed by atoms with Crippen LogP contribution >= 0.6 is 0 Å². The molecule has 0 unspecified atom stereocenters. The van der Waals surface area contributed by atoms with Gasteiger partial charge in [-0.05, 0) is 13.8 Å². The van der Waals surface area contributed by atoms with Crippen molar-refractivity contribution >= 4 is 18.3 Å². The molecule has 0 fully saturated rings. The Labute approximate surface area is 53.8 Å². The fourth-order valence-corrected chi connectivity index (χ4v) is 0.326. The van der Waals surface area contributed by atoms with E-state index < -0.39 is 0 Å². The molecule has 0 aliphatic heterocycles. The molecule has 8 heavy (non-hydrogen) atoms. The molecule has 0 spiro atoms. The van der Waals surface area contributed by atoms with Gasteiger partial charge in [0.25, 0.3) is 5.91 Å². The zero-order valence-corrected chi connectivity index (χ0v) is 5.66. The molecule has 0 aromatic heterocycles. The summed E-state index contributed by atoms with van der Waals surface area (Å²) in [6.45, 7) is 3.64. The van der Waals surface area contributed by atoms with Gasteiger partial charge in [0.05, 0.1) is 0 Å². The second kappa shape index (κ2) is 3.43. The lowest BCUT2D eigenvalue weighted by Gasteiger charge is -1.80. The summed E-state index contributed by atoms with van der Waals surface area (Å²) in [5, 5.41) is 0. The first-order chi connectivity index (χ1) is 3.66. The van der Waals surface area contributed by atoms with Crippen LogP contribution in [0.2, 0.25) is 0 Å². The van der Waals surface area contributed by atoms with Gasteiger partial charge in [-0.1, -0.05) is 5.57 Å². The lowest BCUT2D eigenvalue weighted by atomic mass is 10.3. The van der Waals surface area contributed by atoms with E-state index >= 15 is 0 Å². The van der Waals surface area contributed by atoms with Crippen molar-refractivity contribution in [2.24, 2.45) is 4.36 Å². The van der Waals surface area contributed by atoms with Crippen LogP contribution in [-0.2, 0) is 17.2 Å². The Balaban J connectivity index is 3.89. The molecule has 0 aliphatic carbocycles. The molecule has 0 rings (SSSR count). The van der Waals surface area contributed by atoms with Crippen molar-refractivity contribution in [2.75, 3.05) is 0 Å². The van der Waals surface area contributed by atoms with Gasteiger partial charge in [-0.15, -0.1) is 4.36 Å². The first kappa shape index (κ1) is 7.43. The number of amides is 1. The topological polar surface area (TPSA) is 29.4 Å². The number of carbonyl (C=O) groups is 1. The van der Waals surface area contributed by atoms with Gasteiger partial charge in [-0.3, -0.25) is 4.79 Å². The highest BCUT2D eigenvalue weighted by atomic mass is 32.1. The molecule has 1 amide bonds. The molecular weight excluding hydrogens is 122 g/mol. The van der Waals surface area contributed by atoms with E-state index in [2.05, 4.69) is 16.8 Å². The lowest BCUT2D eigenvalue weighted by molar-refractivity contribution is -0.113. The summed E-state index contributed by atoms with van der Waals surface area (Å²) in [6.07, 6.45) is 1.40. The Morgan fingerprint density at radius 2 is 2.12 bits per heavy atom. The van der Waals surface area contributed by atoms with Crippen molar-refractivity contribution in [3.63, 3.8) is 0 Å². The van der Waals surface area contributed by atoms with Crippen LogP contribution in [-0.4, -0.2) is 5.91 Å². The van der Waals surface area contributed by atoms with Gasteiger partial charge in [0, 0.05) is 18.5 Å². The molecule has 0 bridgehead atoms. The third-order valence-corrected chi connectivity index (χ3v) is 0.682. The van der Waals surface area contributed by atoms with Crippen LogP contribution in [0.15, 0.2) is 16.0 Å². The third kappa shape index (κ3) is 3.61.